The summed E-state index contributed by atoms with van der Waals surface area (Å²) in [5.74, 6) is 1.43. The van der Waals surface area contributed by atoms with E-state index in [0.29, 0.717) is 28.4 Å². The van der Waals surface area contributed by atoms with Crippen LogP contribution in [-0.2, 0) is 59.0 Å². The monoisotopic (exact) mass is 1390 g/mol. The number of rotatable bonds is 7. The van der Waals surface area contributed by atoms with Crippen LogP contribution in [0.15, 0.2) is 146 Å². The van der Waals surface area contributed by atoms with E-state index in [1.54, 1.807) is 11.3 Å². The van der Waals surface area contributed by atoms with Gasteiger partial charge in [-0.15, -0.1) is 65.0 Å². The second kappa shape index (κ2) is 22.4. The van der Waals surface area contributed by atoms with Crippen molar-refractivity contribution >= 4 is 76.1 Å². The van der Waals surface area contributed by atoms with Crippen LogP contribution in [0.25, 0.3) is 70.0 Å². The Morgan fingerprint density at radius 2 is 0.989 bits per heavy atom. The molecule has 11 aromatic rings. The molecule has 4 heterocycles. The van der Waals surface area contributed by atoms with Crippen LogP contribution in [0.4, 0.5) is 22.7 Å². The molecule has 8 aromatic carbocycles. The molecule has 5 nitrogen and oxygen atoms in total. The van der Waals surface area contributed by atoms with Crippen LogP contribution in [0, 0.1) is 25.7 Å². The number of ether oxygens (including phenoxy) is 1. The molecule has 0 radical (unpaired) electrons. The van der Waals surface area contributed by atoms with Crippen LogP contribution in [0.5, 0.6) is 11.5 Å². The predicted molar refractivity (Wildman–Crippen MR) is 384 cm³/mol. The van der Waals surface area contributed by atoms with Gasteiger partial charge in [-0.3, -0.25) is 0 Å². The van der Waals surface area contributed by atoms with Crippen molar-refractivity contribution in [1.82, 2.24) is 9.55 Å². The number of nitrogens with zero attached hydrogens (tertiary/aromatic N) is 4. The van der Waals surface area contributed by atoms with Gasteiger partial charge in [0.05, 0.1) is 1.37 Å². The molecule has 0 saturated heterocycles. The van der Waals surface area contributed by atoms with Gasteiger partial charge in [0, 0.05) is 96.7 Å². The van der Waals surface area contributed by atoms with Crippen molar-refractivity contribution in [3.63, 3.8) is 0 Å². The molecule has 12 rings (SSSR count). The van der Waals surface area contributed by atoms with Crippen LogP contribution in [0.2, 0.25) is 0 Å². The van der Waals surface area contributed by atoms with Gasteiger partial charge >= 0.3 is 0 Å². The average Bonchev–Trinajstić information content (AvgIpc) is 1.52. The van der Waals surface area contributed by atoms with Crippen molar-refractivity contribution < 1.29 is 31.3 Å². The van der Waals surface area contributed by atoms with Crippen LogP contribution < -0.4 is 14.5 Å². The minimum absolute atomic E-state index is 0. The fraction of sp³-hybridized carbons (Fsp3) is 0.349. The quantitative estimate of drug-likeness (QED) is 0.149. The molecule has 0 amide bonds. The van der Waals surface area contributed by atoms with Crippen molar-refractivity contribution in [2.45, 2.75) is 190 Å². The van der Waals surface area contributed by atoms with Gasteiger partial charge in [0.25, 0.3) is 0 Å². The number of thiophene rings is 1. The van der Waals surface area contributed by atoms with E-state index in [0.717, 1.165) is 65.8 Å². The molecule has 90 heavy (non-hydrogen) atoms. The van der Waals surface area contributed by atoms with Gasteiger partial charge in [-0.05, 0) is 143 Å². The Morgan fingerprint density at radius 3 is 1.52 bits per heavy atom. The summed E-state index contributed by atoms with van der Waals surface area (Å²) in [6, 6.07) is 58.9. The van der Waals surface area contributed by atoms with Crippen LogP contribution in [-0.4, -0.2) is 9.55 Å². The molecule has 1 aliphatic heterocycles. The minimum atomic E-state index is -2.54. The molecule has 0 atom stereocenters. The van der Waals surface area contributed by atoms with Gasteiger partial charge in [0.1, 0.15) is 5.82 Å². The molecule has 1 aliphatic rings. The number of aromatic nitrogens is 2. The number of benzene rings is 8. The fourth-order valence-electron chi connectivity index (χ4n) is 12.4. The third-order valence-electron chi connectivity index (χ3n) is 18.0. The standard InChI is InChI=1S/C83H91N4OS.Pt/c1-50-48-84-73(47-67(50)83(20,21)22)87-70-34-33-63-62-27-23-26-30-72(62)89-76(63)74(70)64-32-31-60(46-71(64)87)88-61-42-57(81(14,15)16)41-59(45-61)85-49-86(69-29-25-24-28-68(69)85)75-65(51-35-53(77(2,3)4)39-54(36-51)78(5,6)7)43-58(82(17,18)19)44-66(75)52-37-55(79(8,9)10)40-56(38-52)80(11,12)13;/h23-44,47-49H,1-22H3;/q-3;/i1D3,48D;. The van der Waals surface area contributed by atoms with E-state index in [2.05, 4.69) is 281 Å². The molecule has 0 bridgehead atoms. The van der Waals surface area contributed by atoms with E-state index in [-0.39, 0.29) is 65.3 Å². The zero-order valence-electron chi connectivity index (χ0n) is 60.8. The summed E-state index contributed by atoms with van der Waals surface area (Å²) in [7, 11) is 0. The molecule has 0 aliphatic carbocycles. The zero-order chi connectivity index (χ0) is 67.4. The smallest absolute Gasteiger partial charge is 0.135 e. The molecule has 0 unspecified atom stereocenters. The average molecular weight is 1390 g/mol. The largest absolute Gasteiger partial charge is 0.509 e. The summed E-state index contributed by atoms with van der Waals surface area (Å²) in [6.45, 7) is 47.3. The molecule has 3 aromatic heterocycles. The Labute approximate surface area is 561 Å². The first-order valence-corrected chi connectivity index (χ1v) is 32.5. The maximum atomic E-state index is 9.28. The third-order valence-corrected chi connectivity index (χ3v) is 19.2. The third kappa shape index (κ3) is 12.0. The van der Waals surface area contributed by atoms with Gasteiger partial charge in [-0.1, -0.05) is 224 Å². The Balaban J connectivity index is 0.00000901. The van der Waals surface area contributed by atoms with Crippen LogP contribution in [0.3, 0.4) is 0 Å². The SMILES string of the molecule is [2H]c1nc(-n2c3[c-]c(Oc4[c-]c(N5[CH-]N(c6c(-c7cc(C(C)(C)C)cc(C(C)(C)C)c7)cc(C(C)(C)C)cc6-c6cc(C(C)(C)C)cc(C(C)(C)C)c6)c6ccccc65)cc(C(C)(C)C)c4)ccc3c3c4sc5ccccc5c4ccc32)cc(C(C)(C)C)c1C([2H])([2H])[2H].[Pt]. The molecule has 0 spiro atoms. The number of hydrogen-bond acceptors (Lipinski definition) is 5. The number of fused-ring (bicyclic) bond motifs is 8. The molecular formula is C83H91N4OPtS-3. The van der Waals surface area contributed by atoms with Crippen molar-refractivity contribution in [3.8, 4) is 39.6 Å². The van der Waals surface area contributed by atoms with Gasteiger partial charge < -0.3 is 19.1 Å². The second-order valence-electron chi connectivity index (χ2n) is 32.2. The number of hydrogen-bond donors (Lipinski definition) is 0. The molecule has 0 N–H and O–H groups in total. The summed E-state index contributed by atoms with van der Waals surface area (Å²) in [5.41, 5.74) is 16.6. The Kier molecular flexibility index (Phi) is 14.8. The molecular weight excluding hydrogens is 1300 g/mol. The van der Waals surface area contributed by atoms with E-state index < -0.39 is 12.3 Å². The molecule has 0 saturated carbocycles. The summed E-state index contributed by atoms with van der Waals surface area (Å²) >= 11 is 1.75. The Morgan fingerprint density at radius 1 is 0.489 bits per heavy atom. The maximum Gasteiger partial charge on any atom is 0.135 e. The van der Waals surface area contributed by atoms with Crippen LogP contribution in [0.1, 0.15) is 195 Å². The molecule has 7 heteroatoms. The van der Waals surface area contributed by atoms with E-state index in [1.807, 2.05) is 37.5 Å². The van der Waals surface area contributed by atoms with Gasteiger partial charge in [-0.2, -0.15) is 6.07 Å². The van der Waals surface area contributed by atoms with E-state index >= 15 is 0 Å². The zero-order valence-corrected chi connectivity index (χ0v) is 59.9. The van der Waals surface area contributed by atoms with Crippen molar-refractivity contribution in [3.05, 3.63) is 209 Å². The van der Waals surface area contributed by atoms with E-state index in [9.17, 15) is 1.37 Å². The fourth-order valence-corrected chi connectivity index (χ4v) is 13.7. The summed E-state index contributed by atoms with van der Waals surface area (Å²) in [4.78, 5) is 9.56. The first kappa shape index (κ1) is 59.3. The predicted octanol–water partition coefficient (Wildman–Crippen LogP) is 24.1. The first-order chi connectivity index (χ1) is 43.0. The second-order valence-corrected chi connectivity index (χ2v) is 33.3. The van der Waals surface area contributed by atoms with Crippen molar-refractivity contribution in [2.75, 3.05) is 9.80 Å². The minimum Gasteiger partial charge on any atom is -0.509 e. The Bertz CT molecular complexity index is 4640. The summed E-state index contributed by atoms with van der Waals surface area (Å²) in [6.07, 6.45) is -0.272. The van der Waals surface area contributed by atoms with Crippen LogP contribution >= 0.6 is 11.3 Å². The van der Waals surface area contributed by atoms with E-state index in [1.165, 1.54) is 49.0 Å². The molecule has 468 valence electrons. The summed E-state index contributed by atoms with van der Waals surface area (Å²) < 4.78 is 46.5. The number of para-hydroxylation sites is 2. The van der Waals surface area contributed by atoms with Crippen molar-refractivity contribution in [1.29, 1.82) is 0 Å². The van der Waals surface area contributed by atoms with Gasteiger partial charge in [0.2, 0.25) is 0 Å². The number of anilines is 4. The van der Waals surface area contributed by atoms with E-state index in [4.69, 9.17) is 13.8 Å². The number of pyridine rings is 1. The maximum absolute atomic E-state index is 9.28. The molecule has 0 fully saturated rings. The first-order valence-electron chi connectivity index (χ1n) is 33.7. The van der Waals surface area contributed by atoms with Gasteiger partial charge in [0.15, 0.2) is 0 Å². The summed E-state index contributed by atoms with van der Waals surface area (Å²) in [5, 5.41) is 4.29. The Hall–Kier alpha value is -6.98. The van der Waals surface area contributed by atoms with Crippen molar-refractivity contribution in [2.24, 2.45) is 0 Å². The topological polar surface area (TPSA) is 33.5 Å². The normalized spacial score (nSPS) is 14.5. The van der Waals surface area contributed by atoms with Gasteiger partial charge in [-0.25, -0.2) is 4.98 Å².